The van der Waals surface area contributed by atoms with Crippen molar-refractivity contribution in [3.8, 4) is 5.69 Å². The van der Waals surface area contributed by atoms with E-state index in [4.69, 9.17) is 5.73 Å². The number of amides is 3. The van der Waals surface area contributed by atoms with Crippen LogP contribution < -0.4 is 16.6 Å². The molecule has 5 rings (SSSR count). The molecule has 2 aliphatic rings. The Kier molecular flexibility index (Phi) is 4.07. The lowest BCUT2D eigenvalue weighted by atomic mass is 9.98. The summed E-state index contributed by atoms with van der Waals surface area (Å²) < 4.78 is 1.22. The number of pyridine rings is 1. The summed E-state index contributed by atoms with van der Waals surface area (Å²) in [6.45, 7) is 1.03. The number of hydrogen-bond donors (Lipinski definition) is 2. The Bertz CT molecular complexity index is 1290. The number of imide groups is 1. The van der Waals surface area contributed by atoms with E-state index >= 15 is 0 Å². The summed E-state index contributed by atoms with van der Waals surface area (Å²) in [6.07, 6.45) is 0.707. The number of carbonyl (C=O) groups excluding carboxylic acids is 3. The van der Waals surface area contributed by atoms with E-state index in [1.807, 2.05) is 23.6 Å². The van der Waals surface area contributed by atoms with Gasteiger partial charge in [0.15, 0.2) is 0 Å². The molecule has 0 saturated carbocycles. The van der Waals surface area contributed by atoms with Crippen molar-refractivity contribution in [1.82, 2.24) is 14.8 Å². The first-order valence-electron chi connectivity index (χ1n) is 9.30. The molecule has 1 aromatic carbocycles. The van der Waals surface area contributed by atoms with E-state index in [9.17, 15) is 19.2 Å². The normalized spacial score (nSPS) is 15.0. The molecule has 9 heteroatoms. The molecule has 0 saturated heterocycles. The predicted molar refractivity (Wildman–Crippen MR) is 111 cm³/mol. The molecule has 0 radical (unpaired) electrons. The van der Waals surface area contributed by atoms with Crippen LogP contribution in [0.3, 0.4) is 0 Å². The molecule has 2 aromatic heterocycles. The minimum Gasteiger partial charge on any atom is -0.384 e. The molecule has 30 heavy (non-hydrogen) atoms. The third-order valence-corrected chi connectivity index (χ3v) is 6.29. The molecule has 0 fully saturated rings. The third kappa shape index (κ3) is 2.74. The number of nitrogens with one attached hydrogen (secondary N) is 1. The highest BCUT2D eigenvalue weighted by Crippen LogP contribution is 2.27. The van der Waals surface area contributed by atoms with Crippen molar-refractivity contribution in [3.63, 3.8) is 0 Å². The second kappa shape index (κ2) is 6.67. The Morgan fingerprint density at radius 1 is 1.07 bits per heavy atom. The first-order chi connectivity index (χ1) is 14.4. The van der Waals surface area contributed by atoms with Gasteiger partial charge in [-0.3, -0.25) is 29.1 Å². The Hall–Kier alpha value is -3.72. The maximum absolute atomic E-state index is 12.7. The molecular weight excluding hydrogens is 404 g/mol. The fourth-order valence-electron chi connectivity index (χ4n) is 3.96. The van der Waals surface area contributed by atoms with Gasteiger partial charge in [0.1, 0.15) is 5.82 Å². The summed E-state index contributed by atoms with van der Waals surface area (Å²) in [5.41, 5.74) is 8.11. The van der Waals surface area contributed by atoms with Gasteiger partial charge in [-0.15, -0.1) is 11.3 Å². The zero-order chi connectivity index (χ0) is 21.0. The maximum Gasteiger partial charge on any atom is 0.264 e. The zero-order valence-electron chi connectivity index (χ0n) is 15.7. The van der Waals surface area contributed by atoms with Gasteiger partial charge in [-0.25, -0.2) is 0 Å². The van der Waals surface area contributed by atoms with E-state index < -0.39 is 17.4 Å². The molecule has 3 aromatic rings. The van der Waals surface area contributed by atoms with Gasteiger partial charge in [0, 0.05) is 19.2 Å². The van der Waals surface area contributed by atoms with Crippen molar-refractivity contribution in [2.24, 2.45) is 0 Å². The third-order valence-electron chi connectivity index (χ3n) is 5.43. The van der Waals surface area contributed by atoms with Crippen LogP contribution >= 0.6 is 11.3 Å². The van der Waals surface area contributed by atoms with E-state index in [2.05, 4.69) is 5.32 Å². The standard InChI is InChI=1S/C21H16N4O4S/c22-18-17-14(19(27)23-20(17)28)9-16(26)25(18)13-4-3-11-5-6-24(10-12(11)8-13)21(29)15-2-1-7-30-15/h1-4,7-9H,5-6,10,22H2,(H,23,27,28). The van der Waals surface area contributed by atoms with Crippen molar-refractivity contribution in [1.29, 1.82) is 0 Å². The average molecular weight is 420 g/mol. The summed E-state index contributed by atoms with van der Waals surface area (Å²) in [7, 11) is 0. The number of carbonyl (C=O) groups is 3. The second-order valence-corrected chi connectivity index (χ2v) is 8.13. The number of benzene rings is 1. The van der Waals surface area contributed by atoms with E-state index in [1.54, 1.807) is 17.0 Å². The van der Waals surface area contributed by atoms with Gasteiger partial charge in [-0.2, -0.15) is 0 Å². The van der Waals surface area contributed by atoms with Crippen LogP contribution in [-0.2, 0) is 13.0 Å². The predicted octanol–water partition coefficient (Wildman–Crippen LogP) is 1.56. The van der Waals surface area contributed by atoms with Crippen LogP contribution in [0.4, 0.5) is 5.82 Å². The number of fused-ring (bicyclic) bond motifs is 2. The highest BCUT2D eigenvalue weighted by Gasteiger charge is 2.32. The Labute approximate surface area is 174 Å². The fourth-order valence-corrected chi connectivity index (χ4v) is 4.65. The smallest absolute Gasteiger partial charge is 0.264 e. The first kappa shape index (κ1) is 18.3. The molecule has 0 unspecified atom stereocenters. The lowest BCUT2D eigenvalue weighted by molar-refractivity contribution is 0.0738. The number of aromatic nitrogens is 1. The van der Waals surface area contributed by atoms with Crippen molar-refractivity contribution in [2.75, 3.05) is 12.3 Å². The van der Waals surface area contributed by atoms with E-state index in [1.165, 1.54) is 15.9 Å². The van der Waals surface area contributed by atoms with Gasteiger partial charge in [-0.1, -0.05) is 12.1 Å². The quantitative estimate of drug-likeness (QED) is 0.611. The highest BCUT2D eigenvalue weighted by atomic mass is 32.1. The van der Waals surface area contributed by atoms with E-state index in [0.717, 1.165) is 17.2 Å². The van der Waals surface area contributed by atoms with Crippen LogP contribution in [0.2, 0.25) is 0 Å². The zero-order valence-corrected chi connectivity index (χ0v) is 16.5. The van der Waals surface area contributed by atoms with Crippen LogP contribution in [0.1, 0.15) is 41.5 Å². The van der Waals surface area contributed by atoms with E-state index in [-0.39, 0.29) is 22.9 Å². The SMILES string of the molecule is Nc1c2c(cc(=O)n1-c1ccc3c(c1)CN(C(=O)c1cccs1)CC3)C(=O)NC2=O. The highest BCUT2D eigenvalue weighted by molar-refractivity contribution is 7.12. The molecule has 0 bridgehead atoms. The maximum atomic E-state index is 12.7. The largest absolute Gasteiger partial charge is 0.384 e. The molecule has 150 valence electrons. The Balaban J connectivity index is 1.55. The molecule has 3 amide bonds. The summed E-state index contributed by atoms with van der Waals surface area (Å²) in [4.78, 5) is 51.8. The minimum atomic E-state index is -0.626. The van der Waals surface area contributed by atoms with Crippen LogP contribution in [0, 0.1) is 0 Å². The van der Waals surface area contributed by atoms with Crippen molar-refractivity contribution in [3.05, 3.63) is 79.3 Å². The number of hydrogen-bond acceptors (Lipinski definition) is 6. The molecule has 3 N–H and O–H groups in total. The number of nitrogen functional groups attached to an aromatic ring is 1. The Morgan fingerprint density at radius 3 is 2.67 bits per heavy atom. The summed E-state index contributed by atoms with van der Waals surface area (Å²) >= 11 is 1.40. The summed E-state index contributed by atoms with van der Waals surface area (Å²) in [6, 6.07) is 10.2. The summed E-state index contributed by atoms with van der Waals surface area (Å²) in [5.74, 6) is -1.35. The van der Waals surface area contributed by atoms with Gasteiger partial charge in [0.2, 0.25) is 0 Å². The van der Waals surface area contributed by atoms with Gasteiger partial charge in [0.25, 0.3) is 23.3 Å². The van der Waals surface area contributed by atoms with Gasteiger partial charge in [0.05, 0.1) is 21.7 Å². The lowest BCUT2D eigenvalue weighted by Gasteiger charge is -2.29. The van der Waals surface area contributed by atoms with Gasteiger partial charge < -0.3 is 10.6 Å². The molecule has 0 spiro atoms. The van der Waals surface area contributed by atoms with Crippen molar-refractivity contribution < 1.29 is 14.4 Å². The molecule has 0 aliphatic carbocycles. The van der Waals surface area contributed by atoms with E-state index in [0.29, 0.717) is 30.1 Å². The molecular formula is C21H16N4O4S. The van der Waals surface area contributed by atoms with Crippen molar-refractivity contribution >= 4 is 34.9 Å². The molecule has 0 atom stereocenters. The number of thiophene rings is 1. The number of nitrogens with zero attached hydrogens (tertiary/aromatic N) is 2. The minimum absolute atomic E-state index is 0.00632. The lowest BCUT2D eigenvalue weighted by Crippen LogP contribution is -2.35. The second-order valence-electron chi connectivity index (χ2n) is 7.18. The fraction of sp³-hybridized carbons (Fsp3) is 0.143. The Morgan fingerprint density at radius 2 is 1.90 bits per heavy atom. The first-order valence-corrected chi connectivity index (χ1v) is 10.2. The number of anilines is 1. The topological polar surface area (TPSA) is 114 Å². The molecule has 2 aliphatic heterocycles. The molecule has 4 heterocycles. The molecule has 8 nitrogen and oxygen atoms in total. The summed E-state index contributed by atoms with van der Waals surface area (Å²) in [5, 5.41) is 4.03. The monoisotopic (exact) mass is 420 g/mol. The number of nitrogens with two attached hydrogens (primary N) is 1. The van der Waals surface area contributed by atoms with Gasteiger partial charge in [-0.05, 0) is 41.1 Å². The van der Waals surface area contributed by atoms with Crippen LogP contribution in [0.5, 0.6) is 0 Å². The van der Waals surface area contributed by atoms with Gasteiger partial charge >= 0.3 is 0 Å². The average Bonchev–Trinajstić information content (AvgIpc) is 3.35. The number of rotatable bonds is 2. The van der Waals surface area contributed by atoms with Crippen molar-refractivity contribution in [2.45, 2.75) is 13.0 Å². The van der Waals surface area contributed by atoms with Crippen LogP contribution in [0.25, 0.3) is 5.69 Å². The van der Waals surface area contributed by atoms with Crippen LogP contribution in [-0.4, -0.2) is 33.7 Å². The van der Waals surface area contributed by atoms with Crippen LogP contribution in [0.15, 0.2) is 46.6 Å².